The van der Waals surface area contributed by atoms with E-state index in [9.17, 15) is 18.0 Å². The van der Waals surface area contributed by atoms with Gasteiger partial charge in [-0.3, -0.25) is 4.79 Å². The van der Waals surface area contributed by atoms with Crippen LogP contribution < -0.4 is 0 Å². The van der Waals surface area contributed by atoms with Crippen LogP contribution in [0, 0.1) is 5.82 Å². The molecule has 9 heteroatoms. The molecule has 1 N–H and O–H groups in total. The van der Waals surface area contributed by atoms with Crippen molar-refractivity contribution in [2.75, 3.05) is 6.54 Å². The predicted octanol–water partition coefficient (Wildman–Crippen LogP) is 8.82. The van der Waals surface area contributed by atoms with Crippen molar-refractivity contribution in [3.8, 4) is 0 Å². The lowest BCUT2D eigenvalue weighted by molar-refractivity contribution is -0.137. The maximum Gasteiger partial charge on any atom is 0.417 e. The lowest BCUT2D eigenvalue weighted by Gasteiger charge is -2.25. The van der Waals surface area contributed by atoms with Crippen molar-refractivity contribution >= 4 is 40.0 Å². The highest BCUT2D eigenvalue weighted by Crippen LogP contribution is 2.35. The average Bonchev–Trinajstić information content (AvgIpc) is 3.29. The van der Waals surface area contributed by atoms with E-state index >= 15 is 4.39 Å². The largest absolute Gasteiger partial charge is 0.417 e. The molecule has 1 amide bonds. The Kier molecular flexibility index (Phi) is 7.82. The summed E-state index contributed by atoms with van der Waals surface area (Å²) < 4.78 is 55.3. The Morgan fingerprint density at radius 2 is 1.58 bits per heavy atom. The Balaban J connectivity index is 1.69. The summed E-state index contributed by atoms with van der Waals surface area (Å²) in [5.41, 5.74) is 1.33. The molecular weight excluding hydrogens is 539 g/mol. The van der Waals surface area contributed by atoms with E-state index in [1.165, 1.54) is 23.1 Å². The van der Waals surface area contributed by atoms with Gasteiger partial charge in [0, 0.05) is 24.7 Å². The minimum Gasteiger partial charge on any atom is -0.360 e. The molecule has 0 atom stereocenters. The molecule has 0 aliphatic carbocycles. The lowest BCUT2D eigenvalue weighted by Crippen LogP contribution is -2.33. The Hall–Kier alpha value is -3.03. The van der Waals surface area contributed by atoms with E-state index in [1.807, 2.05) is 24.3 Å². The second-order valence-electron chi connectivity index (χ2n) is 10.2. The molecule has 0 unspecified atom stereocenters. The number of H-pyrrole nitrogens is 1. The van der Waals surface area contributed by atoms with Gasteiger partial charge in [-0.25, -0.2) is 4.39 Å². The number of rotatable bonds is 6. The van der Waals surface area contributed by atoms with Crippen LogP contribution >= 0.6 is 23.2 Å². The van der Waals surface area contributed by atoms with Crippen LogP contribution in [-0.2, 0) is 24.6 Å². The number of aromatic nitrogens is 1. The van der Waals surface area contributed by atoms with Gasteiger partial charge in [-0.05, 0) is 52.8 Å². The molecular formula is C29H26Cl2F4N2O. The molecule has 0 radical (unpaired) electrons. The minimum atomic E-state index is -4.61. The number of halogens is 6. The number of amides is 1. The van der Waals surface area contributed by atoms with Crippen LogP contribution in [0.3, 0.4) is 0 Å². The van der Waals surface area contributed by atoms with E-state index in [1.54, 1.807) is 12.3 Å². The molecule has 0 fully saturated rings. The first-order valence-corrected chi connectivity index (χ1v) is 12.7. The van der Waals surface area contributed by atoms with Gasteiger partial charge in [0.2, 0.25) is 0 Å². The summed E-state index contributed by atoms with van der Waals surface area (Å²) in [5, 5.41) is -0.0209. The highest BCUT2D eigenvalue weighted by atomic mass is 35.5. The Labute approximate surface area is 228 Å². The second kappa shape index (κ2) is 10.6. The van der Waals surface area contributed by atoms with Crippen LogP contribution in [-0.4, -0.2) is 22.3 Å². The van der Waals surface area contributed by atoms with Crippen LogP contribution in [0.15, 0.2) is 60.8 Å². The molecule has 0 saturated carbocycles. The third-order valence-electron chi connectivity index (χ3n) is 6.44. The van der Waals surface area contributed by atoms with Crippen molar-refractivity contribution in [3.05, 3.63) is 104 Å². The Bertz CT molecular complexity index is 1470. The van der Waals surface area contributed by atoms with Crippen molar-refractivity contribution in [2.24, 2.45) is 0 Å². The molecule has 38 heavy (non-hydrogen) atoms. The van der Waals surface area contributed by atoms with E-state index in [-0.39, 0.29) is 35.5 Å². The normalized spacial score (nSPS) is 12.2. The van der Waals surface area contributed by atoms with Crippen LogP contribution in [0.5, 0.6) is 0 Å². The van der Waals surface area contributed by atoms with Gasteiger partial charge in [-0.15, -0.1) is 0 Å². The second-order valence-corrected chi connectivity index (χ2v) is 11.0. The fraction of sp³-hybridized carbons (Fsp3) is 0.276. The molecule has 3 aromatic carbocycles. The first-order chi connectivity index (χ1) is 17.8. The molecule has 4 rings (SSSR count). The summed E-state index contributed by atoms with van der Waals surface area (Å²) in [5.74, 6) is -1.48. The van der Waals surface area contributed by atoms with Gasteiger partial charge in [-0.2, -0.15) is 13.2 Å². The van der Waals surface area contributed by atoms with Crippen molar-refractivity contribution in [1.82, 2.24) is 9.88 Å². The van der Waals surface area contributed by atoms with Crippen LogP contribution in [0.25, 0.3) is 10.9 Å². The van der Waals surface area contributed by atoms with Gasteiger partial charge < -0.3 is 9.88 Å². The fourth-order valence-corrected chi connectivity index (χ4v) is 4.74. The monoisotopic (exact) mass is 564 g/mol. The number of benzene rings is 3. The van der Waals surface area contributed by atoms with Gasteiger partial charge >= 0.3 is 6.18 Å². The molecule has 1 aromatic heterocycles. The van der Waals surface area contributed by atoms with Crippen LogP contribution in [0.1, 0.15) is 53.4 Å². The number of hydrogen-bond acceptors (Lipinski definition) is 1. The summed E-state index contributed by atoms with van der Waals surface area (Å²) in [4.78, 5) is 18.1. The number of carbonyl (C=O) groups is 1. The quantitative estimate of drug-likeness (QED) is 0.233. The zero-order valence-corrected chi connectivity index (χ0v) is 22.5. The van der Waals surface area contributed by atoms with Gasteiger partial charge in [-0.1, -0.05) is 74.3 Å². The summed E-state index contributed by atoms with van der Waals surface area (Å²) >= 11 is 11.8. The van der Waals surface area contributed by atoms with E-state index in [0.717, 1.165) is 17.2 Å². The van der Waals surface area contributed by atoms with Crippen LogP contribution in [0.2, 0.25) is 10.0 Å². The minimum absolute atomic E-state index is 0.0347. The highest BCUT2D eigenvalue weighted by molar-refractivity contribution is 6.32. The first kappa shape index (κ1) is 28.0. The summed E-state index contributed by atoms with van der Waals surface area (Å²) in [6.45, 7) is 6.41. The molecule has 1 heterocycles. The third-order valence-corrected chi connectivity index (χ3v) is 7.05. The molecule has 0 aliphatic heterocycles. The van der Waals surface area contributed by atoms with Crippen molar-refractivity contribution in [1.29, 1.82) is 0 Å². The smallest absolute Gasteiger partial charge is 0.360 e. The highest BCUT2D eigenvalue weighted by Gasteiger charge is 2.33. The van der Waals surface area contributed by atoms with E-state index in [0.29, 0.717) is 16.5 Å². The zero-order valence-electron chi connectivity index (χ0n) is 21.0. The lowest BCUT2D eigenvalue weighted by atomic mass is 9.87. The molecule has 0 bridgehead atoms. The maximum absolute atomic E-state index is 15.2. The standard InChI is InChI=1S/C29H26Cl2F4N2O/c1-28(2,3)20-7-4-18(5-8-20)16-37(13-11-17-6-9-22(30)21(14-17)29(33,34)35)27(38)24-25(32)23(31)15-19-10-12-36-26(19)24/h4-10,12,14-15,36H,11,13,16H2,1-3H3. The first-order valence-electron chi connectivity index (χ1n) is 11.9. The number of carbonyl (C=O) groups excluding carboxylic acids is 1. The van der Waals surface area contributed by atoms with Crippen molar-refractivity contribution < 1.29 is 22.4 Å². The van der Waals surface area contributed by atoms with Crippen molar-refractivity contribution in [2.45, 2.75) is 45.3 Å². The van der Waals surface area contributed by atoms with E-state index < -0.39 is 28.5 Å². The average molecular weight is 565 g/mol. The Morgan fingerprint density at radius 1 is 0.921 bits per heavy atom. The zero-order chi connectivity index (χ0) is 27.8. The number of aromatic amines is 1. The molecule has 0 spiro atoms. The molecule has 0 saturated heterocycles. The number of alkyl halides is 3. The van der Waals surface area contributed by atoms with Gasteiger partial charge in [0.25, 0.3) is 5.91 Å². The number of fused-ring (bicyclic) bond motifs is 1. The number of hydrogen-bond donors (Lipinski definition) is 1. The van der Waals surface area contributed by atoms with Gasteiger partial charge in [0.15, 0.2) is 5.82 Å². The SMILES string of the molecule is CC(C)(C)c1ccc(CN(CCc2ccc(Cl)c(C(F)(F)F)c2)C(=O)c2c(F)c(Cl)cc3cc[nH]c23)cc1. The van der Waals surface area contributed by atoms with E-state index in [2.05, 4.69) is 25.8 Å². The molecule has 4 aromatic rings. The maximum atomic E-state index is 15.2. The summed E-state index contributed by atoms with van der Waals surface area (Å²) in [7, 11) is 0. The molecule has 3 nitrogen and oxygen atoms in total. The number of nitrogens with zero attached hydrogens (tertiary/aromatic N) is 1. The summed E-state index contributed by atoms with van der Waals surface area (Å²) in [6.07, 6.45) is -2.93. The van der Waals surface area contributed by atoms with Crippen molar-refractivity contribution in [3.63, 3.8) is 0 Å². The number of nitrogens with one attached hydrogen (secondary N) is 1. The van der Waals surface area contributed by atoms with Crippen LogP contribution in [0.4, 0.5) is 17.6 Å². The van der Waals surface area contributed by atoms with Gasteiger partial charge in [0.05, 0.1) is 21.1 Å². The summed E-state index contributed by atoms with van der Waals surface area (Å²) in [6, 6.07) is 14.5. The molecule has 200 valence electrons. The van der Waals surface area contributed by atoms with E-state index in [4.69, 9.17) is 23.2 Å². The Morgan fingerprint density at radius 3 is 2.21 bits per heavy atom. The topological polar surface area (TPSA) is 36.1 Å². The molecule has 0 aliphatic rings. The third kappa shape index (κ3) is 6.00. The fourth-order valence-electron chi connectivity index (χ4n) is 4.30. The predicted molar refractivity (Wildman–Crippen MR) is 143 cm³/mol. The van der Waals surface area contributed by atoms with Gasteiger partial charge in [0.1, 0.15) is 5.56 Å².